The van der Waals surface area contributed by atoms with Gasteiger partial charge in [-0.3, -0.25) is 4.79 Å². The Morgan fingerprint density at radius 2 is 1.83 bits per heavy atom. The van der Waals surface area contributed by atoms with Gasteiger partial charge in [0, 0.05) is 11.1 Å². The van der Waals surface area contributed by atoms with Crippen molar-refractivity contribution in [2.24, 2.45) is 0 Å². The summed E-state index contributed by atoms with van der Waals surface area (Å²) in [6.07, 6.45) is 0. The van der Waals surface area contributed by atoms with Crippen LogP contribution in [0.1, 0.15) is 17.3 Å². The van der Waals surface area contributed by atoms with Crippen molar-refractivity contribution in [2.75, 3.05) is 12.4 Å². The summed E-state index contributed by atoms with van der Waals surface area (Å²) in [5.74, 6) is 1.45. The summed E-state index contributed by atoms with van der Waals surface area (Å²) < 4.78 is 10.9. The van der Waals surface area contributed by atoms with Crippen LogP contribution in [0.25, 0.3) is 11.5 Å². The molecule has 3 aromatic rings. The number of benzene rings is 2. The molecule has 122 valence electrons. The van der Waals surface area contributed by atoms with E-state index in [1.165, 1.54) is 11.8 Å². The largest absolute Gasteiger partial charge is 0.494 e. The van der Waals surface area contributed by atoms with E-state index in [1.54, 1.807) is 24.3 Å². The molecule has 0 spiro atoms. The van der Waals surface area contributed by atoms with Gasteiger partial charge >= 0.3 is 0 Å². The second-order valence-corrected chi connectivity index (χ2v) is 5.83. The normalized spacial score (nSPS) is 10.5. The molecule has 5 nitrogen and oxygen atoms in total. The minimum absolute atomic E-state index is 0.00232. The van der Waals surface area contributed by atoms with Crippen LogP contribution in [0.3, 0.4) is 0 Å². The predicted octanol–water partition coefficient (Wildman–Crippen LogP) is 4.11. The zero-order valence-corrected chi connectivity index (χ0v) is 14.0. The third-order valence-electron chi connectivity index (χ3n) is 3.24. The molecule has 0 bridgehead atoms. The topological polar surface area (TPSA) is 65.2 Å². The van der Waals surface area contributed by atoms with Crippen LogP contribution in [-0.4, -0.2) is 28.3 Å². The van der Waals surface area contributed by atoms with E-state index < -0.39 is 0 Å². The van der Waals surface area contributed by atoms with Gasteiger partial charge < -0.3 is 9.15 Å². The Kier molecular flexibility index (Phi) is 5.28. The van der Waals surface area contributed by atoms with Crippen molar-refractivity contribution < 1.29 is 13.9 Å². The van der Waals surface area contributed by atoms with E-state index in [2.05, 4.69) is 10.2 Å². The van der Waals surface area contributed by atoms with Crippen molar-refractivity contribution in [1.29, 1.82) is 0 Å². The molecule has 0 saturated carbocycles. The first kappa shape index (κ1) is 16.3. The molecule has 1 aromatic heterocycles. The number of ether oxygens (including phenoxy) is 1. The summed E-state index contributed by atoms with van der Waals surface area (Å²) in [5, 5.41) is 8.36. The van der Waals surface area contributed by atoms with Gasteiger partial charge in [-0.25, -0.2) is 0 Å². The Bertz CT molecular complexity index is 801. The van der Waals surface area contributed by atoms with Gasteiger partial charge in [-0.1, -0.05) is 30.0 Å². The maximum absolute atomic E-state index is 12.2. The summed E-state index contributed by atoms with van der Waals surface area (Å²) in [4.78, 5) is 12.2. The molecule has 6 heteroatoms. The molecule has 3 rings (SSSR count). The van der Waals surface area contributed by atoms with E-state index >= 15 is 0 Å². The van der Waals surface area contributed by atoms with E-state index in [9.17, 15) is 4.79 Å². The number of ketones is 1. The van der Waals surface area contributed by atoms with Crippen LogP contribution in [0.2, 0.25) is 0 Å². The van der Waals surface area contributed by atoms with Crippen LogP contribution < -0.4 is 4.74 Å². The maximum atomic E-state index is 12.2. The summed E-state index contributed by atoms with van der Waals surface area (Å²) in [5.41, 5.74) is 1.49. The van der Waals surface area contributed by atoms with Gasteiger partial charge in [0.15, 0.2) is 5.78 Å². The number of hydrogen-bond donors (Lipinski definition) is 0. The highest BCUT2D eigenvalue weighted by atomic mass is 32.2. The van der Waals surface area contributed by atoms with Crippen LogP contribution in [-0.2, 0) is 0 Å². The van der Waals surface area contributed by atoms with Gasteiger partial charge in [0.1, 0.15) is 5.75 Å². The number of nitrogens with zero attached hydrogens (tertiary/aromatic N) is 2. The highest BCUT2D eigenvalue weighted by Crippen LogP contribution is 2.23. The van der Waals surface area contributed by atoms with Gasteiger partial charge in [-0.05, 0) is 43.3 Å². The minimum atomic E-state index is 0.00232. The Labute approximate surface area is 144 Å². The number of carbonyl (C=O) groups is 1. The lowest BCUT2D eigenvalue weighted by atomic mass is 10.1. The molecule has 0 amide bonds. The van der Waals surface area contributed by atoms with E-state index in [4.69, 9.17) is 9.15 Å². The first-order chi connectivity index (χ1) is 11.8. The zero-order valence-electron chi connectivity index (χ0n) is 13.1. The molecule has 0 atom stereocenters. The molecule has 0 radical (unpaired) electrons. The van der Waals surface area contributed by atoms with E-state index in [-0.39, 0.29) is 11.5 Å². The van der Waals surface area contributed by atoms with E-state index in [1.807, 2.05) is 37.3 Å². The van der Waals surface area contributed by atoms with Crippen LogP contribution in [0.4, 0.5) is 0 Å². The second kappa shape index (κ2) is 7.79. The summed E-state index contributed by atoms with van der Waals surface area (Å²) in [6, 6.07) is 16.6. The lowest BCUT2D eigenvalue weighted by molar-refractivity contribution is 0.102. The lowest BCUT2D eigenvalue weighted by Gasteiger charge is -2.03. The van der Waals surface area contributed by atoms with Crippen molar-refractivity contribution in [1.82, 2.24) is 10.2 Å². The highest BCUT2D eigenvalue weighted by molar-refractivity contribution is 7.99. The minimum Gasteiger partial charge on any atom is -0.494 e. The molecule has 0 aliphatic heterocycles. The maximum Gasteiger partial charge on any atom is 0.277 e. The number of aromatic nitrogens is 2. The molecule has 24 heavy (non-hydrogen) atoms. The fourth-order valence-corrected chi connectivity index (χ4v) is 2.74. The third-order valence-corrected chi connectivity index (χ3v) is 4.06. The fraction of sp³-hybridized carbons (Fsp3) is 0.167. The molecular weight excluding hydrogens is 324 g/mol. The van der Waals surface area contributed by atoms with Gasteiger partial charge in [-0.2, -0.15) is 0 Å². The van der Waals surface area contributed by atoms with Gasteiger partial charge in [0.25, 0.3) is 5.22 Å². The summed E-state index contributed by atoms with van der Waals surface area (Å²) in [6.45, 7) is 2.52. The number of thioether (sulfide) groups is 1. The highest BCUT2D eigenvalue weighted by Gasteiger charge is 2.12. The molecule has 0 fully saturated rings. The van der Waals surface area contributed by atoms with Gasteiger partial charge in [0.2, 0.25) is 5.89 Å². The average molecular weight is 340 g/mol. The van der Waals surface area contributed by atoms with Crippen molar-refractivity contribution in [3.63, 3.8) is 0 Å². The molecule has 0 aliphatic rings. The predicted molar refractivity (Wildman–Crippen MR) is 92.4 cm³/mol. The Morgan fingerprint density at radius 3 is 2.54 bits per heavy atom. The number of carbonyl (C=O) groups excluding carboxylic acids is 1. The zero-order chi connectivity index (χ0) is 16.8. The van der Waals surface area contributed by atoms with Gasteiger partial charge in [-0.15, -0.1) is 10.2 Å². The van der Waals surface area contributed by atoms with Crippen LogP contribution in [0.5, 0.6) is 5.75 Å². The Balaban J connectivity index is 1.59. The van der Waals surface area contributed by atoms with Gasteiger partial charge in [0.05, 0.1) is 12.4 Å². The molecule has 0 unspecified atom stereocenters. The molecular formula is C18H16N2O3S. The lowest BCUT2D eigenvalue weighted by Crippen LogP contribution is -2.02. The number of Topliss-reactive ketones (excluding diaryl/α,β-unsaturated/α-hetero) is 1. The molecule has 2 aromatic carbocycles. The van der Waals surface area contributed by atoms with Crippen molar-refractivity contribution in [2.45, 2.75) is 12.1 Å². The Morgan fingerprint density at radius 1 is 1.08 bits per heavy atom. The quantitative estimate of drug-likeness (QED) is 0.476. The standard InChI is InChI=1S/C18H16N2O3S/c1-2-22-15-10-8-13(9-11-15)16(21)12-24-18-20-19-17(23-18)14-6-4-3-5-7-14/h3-11H,2,12H2,1H3. The molecule has 0 aliphatic carbocycles. The Hall–Kier alpha value is -2.60. The molecule has 1 heterocycles. The van der Waals surface area contributed by atoms with Crippen molar-refractivity contribution >= 4 is 17.5 Å². The monoisotopic (exact) mass is 340 g/mol. The molecule has 0 N–H and O–H groups in total. The molecule has 0 saturated heterocycles. The van der Waals surface area contributed by atoms with Crippen molar-refractivity contribution in [3.05, 3.63) is 60.2 Å². The summed E-state index contributed by atoms with van der Waals surface area (Å²) in [7, 11) is 0. The first-order valence-electron chi connectivity index (χ1n) is 7.54. The number of rotatable bonds is 7. The summed E-state index contributed by atoms with van der Waals surface area (Å²) >= 11 is 1.23. The van der Waals surface area contributed by atoms with Crippen LogP contribution in [0, 0.1) is 0 Å². The van der Waals surface area contributed by atoms with Crippen molar-refractivity contribution in [3.8, 4) is 17.2 Å². The first-order valence-corrected chi connectivity index (χ1v) is 8.52. The SMILES string of the molecule is CCOc1ccc(C(=O)CSc2nnc(-c3ccccc3)o2)cc1. The third kappa shape index (κ3) is 4.02. The fourth-order valence-electron chi connectivity index (χ4n) is 2.08. The second-order valence-electron chi connectivity index (χ2n) is 4.91. The smallest absolute Gasteiger partial charge is 0.277 e. The van der Waals surface area contributed by atoms with Crippen LogP contribution >= 0.6 is 11.8 Å². The van der Waals surface area contributed by atoms with Crippen LogP contribution in [0.15, 0.2) is 64.2 Å². The average Bonchev–Trinajstić information content (AvgIpc) is 3.10. The van der Waals surface area contributed by atoms with E-state index in [0.717, 1.165) is 11.3 Å². The van der Waals surface area contributed by atoms with E-state index in [0.29, 0.717) is 23.3 Å². The number of hydrogen-bond acceptors (Lipinski definition) is 6.